The molecule has 1 aromatic rings. The zero-order chi connectivity index (χ0) is 12.5. The van der Waals surface area contributed by atoms with Gasteiger partial charge in [0, 0.05) is 18.7 Å². The lowest BCUT2D eigenvalue weighted by atomic mass is 10.2. The number of ether oxygens (including phenoxy) is 2. The molecule has 17 heavy (non-hydrogen) atoms. The second kappa shape index (κ2) is 7.68. The minimum Gasteiger partial charge on any atom is -0.497 e. The number of rotatable bonds is 7. The van der Waals surface area contributed by atoms with Gasteiger partial charge in [0.1, 0.15) is 5.75 Å². The summed E-state index contributed by atoms with van der Waals surface area (Å²) in [5.74, 6) is 0.573. The molecule has 0 radical (unpaired) electrons. The number of hydrogen-bond acceptors (Lipinski definition) is 3. The zero-order valence-electron chi connectivity index (χ0n) is 10.4. The van der Waals surface area contributed by atoms with Crippen LogP contribution in [-0.4, -0.2) is 32.8 Å². The van der Waals surface area contributed by atoms with Gasteiger partial charge in [0.25, 0.3) is 5.91 Å². The second-order valence-electron chi connectivity index (χ2n) is 3.60. The summed E-state index contributed by atoms with van der Waals surface area (Å²) in [5, 5.41) is 2.79. The Labute approximate surface area is 102 Å². The van der Waals surface area contributed by atoms with E-state index in [-0.39, 0.29) is 5.91 Å². The zero-order valence-corrected chi connectivity index (χ0v) is 10.4. The molecule has 1 amide bonds. The van der Waals surface area contributed by atoms with Crippen molar-refractivity contribution in [3.05, 3.63) is 29.8 Å². The van der Waals surface area contributed by atoms with E-state index < -0.39 is 0 Å². The van der Waals surface area contributed by atoms with Crippen molar-refractivity contribution >= 4 is 5.91 Å². The van der Waals surface area contributed by atoms with E-state index in [1.165, 1.54) is 0 Å². The second-order valence-corrected chi connectivity index (χ2v) is 3.60. The third-order valence-electron chi connectivity index (χ3n) is 2.21. The summed E-state index contributed by atoms with van der Waals surface area (Å²) in [5.41, 5.74) is 0.597. The van der Waals surface area contributed by atoms with Gasteiger partial charge in [-0.3, -0.25) is 4.79 Å². The summed E-state index contributed by atoms with van der Waals surface area (Å²) in [4.78, 5) is 11.7. The first-order valence-electron chi connectivity index (χ1n) is 5.78. The van der Waals surface area contributed by atoms with Gasteiger partial charge in [-0.05, 0) is 24.6 Å². The van der Waals surface area contributed by atoms with Gasteiger partial charge in [-0.2, -0.15) is 0 Å². The third-order valence-corrected chi connectivity index (χ3v) is 2.21. The van der Waals surface area contributed by atoms with Crippen LogP contribution in [0.1, 0.15) is 23.7 Å². The van der Waals surface area contributed by atoms with Crippen LogP contribution in [0.5, 0.6) is 5.75 Å². The third kappa shape index (κ3) is 4.87. The van der Waals surface area contributed by atoms with Crippen molar-refractivity contribution in [2.45, 2.75) is 13.3 Å². The molecule has 0 aliphatic heterocycles. The van der Waals surface area contributed by atoms with Crippen LogP contribution in [0.15, 0.2) is 24.3 Å². The van der Waals surface area contributed by atoms with E-state index in [2.05, 4.69) is 12.2 Å². The minimum atomic E-state index is -0.107. The van der Waals surface area contributed by atoms with Crippen LogP contribution in [-0.2, 0) is 4.74 Å². The fourth-order valence-corrected chi connectivity index (χ4v) is 1.35. The molecule has 0 unspecified atom stereocenters. The van der Waals surface area contributed by atoms with Gasteiger partial charge in [0.2, 0.25) is 0 Å². The Morgan fingerprint density at radius 3 is 2.88 bits per heavy atom. The SMILES string of the molecule is CCCOCCNC(=O)c1cccc(OC)c1. The van der Waals surface area contributed by atoms with Gasteiger partial charge >= 0.3 is 0 Å². The Morgan fingerprint density at radius 2 is 2.18 bits per heavy atom. The highest BCUT2D eigenvalue weighted by molar-refractivity contribution is 5.94. The number of carbonyl (C=O) groups is 1. The van der Waals surface area contributed by atoms with Crippen molar-refractivity contribution in [2.75, 3.05) is 26.9 Å². The predicted octanol–water partition coefficient (Wildman–Crippen LogP) is 1.85. The largest absolute Gasteiger partial charge is 0.497 e. The maximum Gasteiger partial charge on any atom is 0.251 e. The number of amides is 1. The summed E-state index contributed by atoms with van der Waals surface area (Å²) in [6, 6.07) is 7.06. The number of carbonyl (C=O) groups excluding carboxylic acids is 1. The highest BCUT2D eigenvalue weighted by Crippen LogP contribution is 2.12. The summed E-state index contributed by atoms with van der Waals surface area (Å²) in [7, 11) is 1.58. The maximum atomic E-state index is 11.7. The van der Waals surface area contributed by atoms with E-state index in [1.54, 1.807) is 31.4 Å². The van der Waals surface area contributed by atoms with Gasteiger partial charge in [-0.1, -0.05) is 13.0 Å². The van der Waals surface area contributed by atoms with Gasteiger partial charge < -0.3 is 14.8 Å². The van der Waals surface area contributed by atoms with E-state index in [0.717, 1.165) is 13.0 Å². The van der Waals surface area contributed by atoms with Crippen LogP contribution < -0.4 is 10.1 Å². The van der Waals surface area contributed by atoms with Crippen molar-refractivity contribution in [3.63, 3.8) is 0 Å². The van der Waals surface area contributed by atoms with E-state index >= 15 is 0 Å². The lowest BCUT2D eigenvalue weighted by Gasteiger charge is -2.07. The molecule has 0 saturated heterocycles. The summed E-state index contributed by atoms with van der Waals surface area (Å²) in [6.07, 6.45) is 0.990. The van der Waals surface area contributed by atoms with Crippen LogP contribution in [0, 0.1) is 0 Å². The van der Waals surface area contributed by atoms with Gasteiger partial charge in [0.15, 0.2) is 0 Å². The monoisotopic (exact) mass is 237 g/mol. The molecule has 1 aromatic carbocycles. The molecule has 0 fully saturated rings. The molecule has 0 spiro atoms. The molecule has 0 aromatic heterocycles. The number of nitrogens with one attached hydrogen (secondary N) is 1. The molecule has 0 aliphatic rings. The lowest BCUT2D eigenvalue weighted by molar-refractivity contribution is 0.0915. The first kappa shape index (κ1) is 13.5. The smallest absolute Gasteiger partial charge is 0.251 e. The van der Waals surface area contributed by atoms with Crippen molar-refractivity contribution in [2.24, 2.45) is 0 Å². The van der Waals surface area contributed by atoms with E-state index in [9.17, 15) is 4.79 Å². The van der Waals surface area contributed by atoms with Gasteiger partial charge in [0.05, 0.1) is 13.7 Å². The maximum absolute atomic E-state index is 11.7. The Balaban J connectivity index is 2.36. The number of methoxy groups -OCH3 is 1. The van der Waals surface area contributed by atoms with Crippen molar-refractivity contribution in [1.29, 1.82) is 0 Å². The van der Waals surface area contributed by atoms with Crippen molar-refractivity contribution < 1.29 is 14.3 Å². The fourth-order valence-electron chi connectivity index (χ4n) is 1.35. The first-order valence-corrected chi connectivity index (χ1v) is 5.78. The van der Waals surface area contributed by atoms with Gasteiger partial charge in [-0.15, -0.1) is 0 Å². The Hall–Kier alpha value is -1.55. The van der Waals surface area contributed by atoms with Crippen molar-refractivity contribution in [1.82, 2.24) is 5.32 Å². The first-order chi connectivity index (χ1) is 8.27. The van der Waals surface area contributed by atoms with Crippen LogP contribution in [0.2, 0.25) is 0 Å². The average Bonchev–Trinajstić information content (AvgIpc) is 2.38. The van der Waals surface area contributed by atoms with E-state index in [1.807, 2.05) is 0 Å². The standard InChI is InChI=1S/C13H19NO3/c1-3-8-17-9-7-14-13(15)11-5-4-6-12(10-11)16-2/h4-6,10H,3,7-9H2,1-2H3,(H,14,15). The topological polar surface area (TPSA) is 47.6 Å². The van der Waals surface area contributed by atoms with Crippen molar-refractivity contribution in [3.8, 4) is 5.75 Å². The quantitative estimate of drug-likeness (QED) is 0.736. The van der Waals surface area contributed by atoms with Crippen LogP contribution in [0.3, 0.4) is 0 Å². The van der Waals surface area contributed by atoms with Crippen LogP contribution in [0.25, 0.3) is 0 Å². The number of hydrogen-bond donors (Lipinski definition) is 1. The average molecular weight is 237 g/mol. The molecule has 0 bridgehead atoms. The lowest BCUT2D eigenvalue weighted by Crippen LogP contribution is -2.27. The Kier molecular flexibility index (Phi) is 6.10. The molecule has 0 saturated carbocycles. The normalized spacial score (nSPS) is 10.0. The van der Waals surface area contributed by atoms with Crippen LogP contribution >= 0.6 is 0 Å². The highest BCUT2D eigenvalue weighted by atomic mass is 16.5. The molecule has 0 heterocycles. The number of benzene rings is 1. The van der Waals surface area contributed by atoms with Crippen LogP contribution in [0.4, 0.5) is 0 Å². The summed E-state index contributed by atoms with van der Waals surface area (Å²) in [6.45, 7) is 3.85. The van der Waals surface area contributed by atoms with Gasteiger partial charge in [-0.25, -0.2) is 0 Å². The minimum absolute atomic E-state index is 0.107. The fraction of sp³-hybridized carbons (Fsp3) is 0.462. The molecule has 1 rings (SSSR count). The molecule has 0 atom stereocenters. The summed E-state index contributed by atoms with van der Waals surface area (Å²) >= 11 is 0. The Morgan fingerprint density at radius 1 is 1.35 bits per heavy atom. The molecule has 0 aliphatic carbocycles. The molecular formula is C13H19NO3. The van der Waals surface area contributed by atoms with E-state index in [4.69, 9.17) is 9.47 Å². The molecule has 4 nitrogen and oxygen atoms in total. The van der Waals surface area contributed by atoms with E-state index in [0.29, 0.717) is 24.5 Å². The predicted molar refractivity (Wildman–Crippen MR) is 66.4 cm³/mol. The summed E-state index contributed by atoms with van der Waals surface area (Å²) < 4.78 is 10.3. The molecule has 1 N–H and O–H groups in total. The molecule has 4 heteroatoms. The Bertz CT molecular complexity index is 352. The molecular weight excluding hydrogens is 218 g/mol. The molecule has 94 valence electrons. The highest BCUT2D eigenvalue weighted by Gasteiger charge is 2.05.